The standard InChI is InChI=1S/C19H25NSi/c1-21(2,3)19-14-20-18(16-11-5-4-6-12-16)13-17(19)15-9-7-8-10-15/h4-6,11-15H,7-10H2,1-3H3/i1D3,2D3. The molecule has 0 bridgehead atoms. The molecule has 1 saturated carbocycles. The number of benzene rings is 1. The summed E-state index contributed by atoms with van der Waals surface area (Å²) in [6.45, 7) is -3.58. The molecule has 1 aromatic carbocycles. The number of hydrogen-bond donors (Lipinski definition) is 0. The Morgan fingerprint density at radius 1 is 1.14 bits per heavy atom. The van der Waals surface area contributed by atoms with Crippen LogP contribution in [0.3, 0.4) is 0 Å². The van der Waals surface area contributed by atoms with Crippen molar-refractivity contribution in [1.82, 2.24) is 4.98 Å². The molecule has 0 atom stereocenters. The van der Waals surface area contributed by atoms with E-state index in [1.54, 1.807) is 6.20 Å². The smallest absolute Gasteiger partial charge is 0.0799 e. The number of rotatable bonds is 3. The van der Waals surface area contributed by atoms with E-state index in [-0.39, 0.29) is 5.92 Å². The lowest BCUT2D eigenvalue weighted by molar-refractivity contribution is 0.726. The highest BCUT2D eigenvalue weighted by atomic mass is 28.3. The van der Waals surface area contributed by atoms with Gasteiger partial charge in [0.05, 0.1) is 13.8 Å². The Bertz CT molecular complexity index is 780. The van der Waals surface area contributed by atoms with Crippen molar-refractivity contribution in [2.75, 3.05) is 0 Å². The normalized spacial score (nSPS) is 21.8. The molecular formula is C19H25NSi. The molecule has 0 saturated heterocycles. The van der Waals surface area contributed by atoms with E-state index in [1.807, 2.05) is 36.4 Å². The maximum absolute atomic E-state index is 8.07. The molecule has 21 heavy (non-hydrogen) atoms. The van der Waals surface area contributed by atoms with Crippen LogP contribution in [-0.4, -0.2) is 13.1 Å². The fourth-order valence-electron chi connectivity index (χ4n) is 3.23. The molecule has 0 spiro atoms. The summed E-state index contributed by atoms with van der Waals surface area (Å²) in [7, 11) is -3.83. The molecule has 1 aliphatic rings. The Morgan fingerprint density at radius 2 is 1.86 bits per heavy atom. The molecular weight excluding hydrogens is 270 g/mol. The largest absolute Gasteiger partial charge is 0.256 e. The summed E-state index contributed by atoms with van der Waals surface area (Å²) < 4.78 is 48.4. The van der Waals surface area contributed by atoms with E-state index in [1.165, 1.54) is 6.55 Å². The molecule has 1 heterocycles. The third-order valence-corrected chi connectivity index (χ3v) is 5.83. The van der Waals surface area contributed by atoms with Crippen molar-refractivity contribution in [3.8, 4) is 11.3 Å². The molecule has 1 aliphatic carbocycles. The first-order valence-electron chi connectivity index (χ1n) is 10.6. The molecule has 0 unspecified atom stereocenters. The highest BCUT2D eigenvalue weighted by Crippen LogP contribution is 2.35. The van der Waals surface area contributed by atoms with Crippen molar-refractivity contribution in [1.29, 1.82) is 0 Å². The van der Waals surface area contributed by atoms with Gasteiger partial charge in [-0.2, -0.15) is 0 Å². The second kappa shape index (κ2) is 5.76. The summed E-state index contributed by atoms with van der Waals surface area (Å²) in [6.07, 6.45) is 5.68. The summed E-state index contributed by atoms with van der Waals surface area (Å²) in [4.78, 5) is 4.51. The predicted octanol–water partition coefficient (Wildman–Crippen LogP) is 4.95. The average molecular weight is 302 g/mol. The van der Waals surface area contributed by atoms with Crippen LogP contribution >= 0.6 is 0 Å². The minimum absolute atomic E-state index is 0.210. The van der Waals surface area contributed by atoms with Gasteiger partial charge in [-0.1, -0.05) is 62.7 Å². The van der Waals surface area contributed by atoms with Gasteiger partial charge in [-0.15, -0.1) is 0 Å². The number of pyridine rings is 1. The topological polar surface area (TPSA) is 12.9 Å². The lowest BCUT2D eigenvalue weighted by Crippen LogP contribution is -2.41. The lowest BCUT2D eigenvalue weighted by Gasteiger charge is -2.24. The van der Waals surface area contributed by atoms with Crippen LogP contribution in [0.2, 0.25) is 19.5 Å². The average Bonchev–Trinajstić information content (AvgIpc) is 3.14. The first-order chi connectivity index (χ1) is 12.6. The first-order valence-corrected chi connectivity index (χ1v) is 10.1. The van der Waals surface area contributed by atoms with Crippen molar-refractivity contribution in [3.63, 3.8) is 0 Å². The Morgan fingerprint density at radius 3 is 2.52 bits per heavy atom. The third kappa shape index (κ3) is 3.10. The molecule has 1 nitrogen and oxygen atoms in total. The second-order valence-electron chi connectivity index (χ2n) is 6.13. The van der Waals surface area contributed by atoms with E-state index < -0.39 is 21.0 Å². The summed E-state index contributed by atoms with van der Waals surface area (Å²) in [6, 6.07) is 11.7. The monoisotopic (exact) mass is 301 g/mol. The van der Waals surface area contributed by atoms with Gasteiger partial charge in [-0.3, -0.25) is 4.98 Å². The van der Waals surface area contributed by atoms with Crippen molar-refractivity contribution >= 4 is 13.3 Å². The van der Waals surface area contributed by atoms with Gasteiger partial charge in [0.2, 0.25) is 0 Å². The van der Waals surface area contributed by atoms with Crippen molar-refractivity contribution in [2.45, 2.75) is 51.1 Å². The Hall–Kier alpha value is -1.41. The first kappa shape index (κ1) is 8.89. The van der Waals surface area contributed by atoms with Crippen LogP contribution in [0.4, 0.5) is 0 Å². The SMILES string of the molecule is [2H]C([2H])([2H])[Si](C)(c1cnc(-c2ccccc2)cc1C1CCCC1)C([2H])([2H])[2H]. The molecule has 0 radical (unpaired) electrons. The second-order valence-corrected chi connectivity index (χ2v) is 8.92. The summed E-state index contributed by atoms with van der Waals surface area (Å²) in [5.74, 6) is 0.210. The van der Waals surface area contributed by atoms with Gasteiger partial charge in [0.25, 0.3) is 0 Å². The van der Waals surface area contributed by atoms with Crippen molar-refractivity contribution < 1.29 is 8.22 Å². The van der Waals surface area contributed by atoms with Crippen LogP contribution in [0.5, 0.6) is 0 Å². The van der Waals surface area contributed by atoms with Gasteiger partial charge in [-0.25, -0.2) is 0 Å². The quantitative estimate of drug-likeness (QED) is 0.731. The number of aromatic nitrogens is 1. The zero-order valence-electron chi connectivity index (χ0n) is 18.4. The van der Waals surface area contributed by atoms with Gasteiger partial charge >= 0.3 is 0 Å². The minimum atomic E-state index is -3.83. The van der Waals surface area contributed by atoms with E-state index in [9.17, 15) is 0 Å². The van der Waals surface area contributed by atoms with Gasteiger partial charge in [0, 0.05) is 20.0 Å². The van der Waals surface area contributed by atoms with Gasteiger partial charge in [0.15, 0.2) is 0 Å². The van der Waals surface area contributed by atoms with Crippen LogP contribution in [0.1, 0.15) is 45.4 Å². The zero-order chi connectivity index (χ0) is 19.9. The van der Waals surface area contributed by atoms with E-state index in [0.29, 0.717) is 5.19 Å². The number of hydrogen-bond acceptors (Lipinski definition) is 1. The Kier molecular flexibility index (Phi) is 2.44. The molecule has 3 rings (SSSR count). The highest BCUT2D eigenvalue weighted by Gasteiger charge is 2.27. The maximum Gasteiger partial charge on any atom is 0.0799 e. The predicted molar refractivity (Wildman–Crippen MR) is 93.9 cm³/mol. The van der Waals surface area contributed by atoms with Crippen LogP contribution < -0.4 is 5.19 Å². The summed E-state index contributed by atoms with van der Waals surface area (Å²) in [5, 5.41) is 0.481. The van der Waals surface area contributed by atoms with Crippen LogP contribution in [0.15, 0.2) is 42.6 Å². The molecule has 1 fully saturated rings. The Labute approximate surface area is 137 Å². The Balaban J connectivity index is 2.22. The molecule has 110 valence electrons. The van der Waals surface area contributed by atoms with Crippen LogP contribution in [-0.2, 0) is 0 Å². The maximum atomic E-state index is 8.07. The third-order valence-electron chi connectivity index (χ3n) is 4.34. The highest BCUT2D eigenvalue weighted by molar-refractivity contribution is 6.89. The fraction of sp³-hybridized carbons (Fsp3) is 0.421. The molecule has 1 aromatic heterocycles. The summed E-state index contributed by atoms with van der Waals surface area (Å²) >= 11 is 0. The minimum Gasteiger partial charge on any atom is -0.256 e. The van der Waals surface area contributed by atoms with E-state index in [2.05, 4.69) is 4.98 Å². The molecule has 0 aliphatic heterocycles. The lowest BCUT2D eigenvalue weighted by atomic mass is 9.96. The fourth-order valence-corrected chi connectivity index (χ4v) is 4.41. The van der Waals surface area contributed by atoms with Gasteiger partial charge in [-0.05, 0) is 35.6 Å². The van der Waals surface area contributed by atoms with Crippen LogP contribution in [0.25, 0.3) is 11.3 Å². The van der Waals surface area contributed by atoms with Gasteiger partial charge in [0.1, 0.15) is 0 Å². The molecule has 2 aromatic rings. The van der Waals surface area contributed by atoms with Crippen molar-refractivity contribution in [3.05, 3.63) is 48.2 Å². The zero-order valence-corrected chi connectivity index (χ0v) is 13.4. The van der Waals surface area contributed by atoms with E-state index >= 15 is 0 Å². The number of nitrogens with zero attached hydrogens (tertiary/aromatic N) is 1. The van der Waals surface area contributed by atoms with E-state index in [4.69, 9.17) is 8.22 Å². The molecule has 2 heteroatoms. The van der Waals surface area contributed by atoms with Gasteiger partial charge < -0.3 is 0 Å². The van der Waals surface area contributed by atoms with Crippen LogP contribution in [0, 0.1) is 0 Å². The summed E-state index contributed by atoms with van der Waals surface area (Å²) in [5.41, 5.74) is 2.62. The van der Waals surface area contributed by atoms with Crippen molar-refractivity contribution in [2.24, 2.45) is 0 Å². The molecule has 0 amide bonds. The molecule has 0 N–H and O–H groups in total. The van der Waals surface area contributed by atoms with E-state index in [0.717, 1.165) is 42.5 Å².